The van der Waals surface area contributed by atoms with Crippen molar-refractivity contribution < 1.29 is 25.1 Å². The van der Waals surface area contributed by atoms with Crippen LogP contribution in [0.5, 0.6) is 5.75 Å². The molecule has 1 saturated heterocycles. The molecule has 1 aromatic rings. The maximum Gasteiger partial charge on any atom is 0.328 e. The minimum atomic E-state index is -0.999. The third kappa shape index (κ3) is 6.67. The smallest absolute Gasteiger partial charge is 0.328 e. The van der Waals surface area contributed by atoms with Gasteiger partial charge in [0.05, 0.1) is 26.3 Å². The van der Waals surface area contributed by atoms with Crippen LogP contribution in [0.15, 0.2) is 30.3 Å². The number of hydrogen-bond donors (Lipinski definition) is 2. The van der Waals surface area contributed by atoms with Crippen LogP contribution in [0.1, 0.15) is 5.56 Å². The molecule has 0 radical (unpaired) electrons. The first kappa shape index (κ1) is 14.2. The Bertz CT molecular complexity index is 371. The molecule has 0 aromatic heterocycles. The number of aliphatic carboxylic acids is 1. The van der Waals surface area contributed by atoms with Gasteiger partial charge in [0.15, 0.2) is 0 Å². The first-order chi connectivity index (χ1) is 8.68. The number of benzene rings is 1. The third-order valence-corrected chi connectivity index (χ3v) is 2.23. The van der Waals surface area contributed by atoms with Crippen LogP contribution in [0.2, 0.25) is 0 Å². The van der Waals surface area contributed by atoms with E-state index in [0.717, 1.165) is 32.4 Å². The second kappa shape index (κ2) is 8.27. The molecule has 1 heterocycles. The van der Waals surface area contributed by atoms with Crippen molar-refractivity contribution >= 4 is 12.0 Å². The molecule has 2 rings (SSSR count). The molecule has 0 saturated carbocycles. The summed E-state index contributed by atoms with van der Waals surface area (Å²) in [6.45, 7) is 4.19. The molecule has 0 unspecified atom stereocenters. The number of morpholine rings is 1. The number of carboxylic acids is 1. The standard InChI is InChI=1S/C9H8O3.C4H9NO/c10-8-4-1-7(2-5-8)3-6-9(11)12;1-3-6-4-2-5-1/h1-6,10H,(H,11,12);5H,1-4H2. The Labute approximate surface area is 106 Å². The molecule has 1 aliphatic rings. The van der Waals surface area contributed by atoms with Gasteiger partial charge in [0.25, 0.3) is 0 Å². The SMILES string of the molecule is C1COCC[NH2+]1.O=C(O)C=Cc1ccc([O-])cc1. The molecule has 1 aliphatic heterocycles. The van der Waals surface area contributed by atoms with Crippen molar-refractivity contribution in [2.45, 2.75) is 0 Å². The van der Waals surface area contributed by atoms with E-state index in [1.54, 1.807) is 12.1 Å². The van der Waals surface area contributed by atoms with Gasteiger partial charge in [-0.25, -0.2) is 4.79 Å². The van der Waals surface area contributed by atoms with Gasteiger partial charge >= 0.3 is 5.97 Å². The fourth-order valence-corrected chi connectivity index (χ4v) is 1.33. The van der Waals surface area contributed by atoms with Crippen LogP contribution in [0.3, 0.4) is 0 Å². The van der Waals surface area contributed by atoms with Crippen molar-refractivity contribution in [2.75, 3.05) is 26.3 Å². The highest BCUT2D eigenvalue weighted by atomic mass is 16.5. The summed E-state index contributed by atoms with van der Waals surface area (Å²) in [5.41, 5.74) is 0.706. The highest BCUT2D eigenvalue weighted by Crippen LogP contribution is 2.07. The molecule has 1 fully saturated rings. The quantitative estimate of drug-likeness (QED) is 0.690. The summed E-state index contributed by atoms with van der Waals surface area (Å²) < 4.78 is 5.04. The molecule has 5 nitrogen and oxygen atoms in total. The Morgan fingerprint density at radius 3 is 2.28 bits per heavy atom. The van der Waals surface area contributed by atoms with Crippen LogP contribution >= 0.6 is 0 Å². The largest absolute Gasteiger partial charge is 0.872 e. The summed E-state index contributed by atoms with van der Waals surface area (Å²) >= 11 is 0. The average Bonchev–Trinajstić information content (AvgIpc) is 2.41. The molecule has 18 heavy (non-hydrogen) atoms. The molecule has 1 aromatic carbocycles. The highest BCUT2D eigenvalue weighted by Gasteiger charge is 1.96. The number of quaternary nitrogens is 1. The molecular weight excluding hydrogens is 234 g/mol. The van der Waals surface area contributed by atoms with Gasteiger partial charge in [-0.3, -0.25) is 0 Å². The molecular formula is C13H17NO4. The lowest BCUT2D eigenvalue weighted by molar-refractivity contribution is -0.670. The summed E-state index contributed by atoms with van der Waals surface area (Å²) in [4.78, 5) is 10.1. The summed E-state index contributed by atoms with van der Waals surface area (Å²) in [6.07, 6.45) is 2.46. The van der Waals surface area contributed by atoms with Gasteiger partial charge in [-0.05, 0) is 11.6 Å². The van der Waals surface area contributed by atoms with Crippen LogP contribution in [-0.2, 0) is 9.53 Å². The van der Waals surface area contributed by atoms with Crippen molar-refractivity contribution in [1.82, 2.24) is 0 Å². The second-order valence-electron chi connectivity index (χ2n) is 3.72. The zero-order valence-electron chi connectivity index (χ0n) is 10.0. The average molecular weight is 251 g/mol. The maximum atomic E-state index is 10.6. The first-order valence-electron chi connectivity index (χ1n) is 5.76. The van der Waals surface area contributed by atoms with Crippen LogP contribution in [0.4, 0.5) is 0 Å². The normalized spacial score (nSPS) is 14.9. The fraction of sp³-hybridized carbons (Fsp3) is 0.308. The van der Waals surface area contributed by atoms with Crippen molar-refractivity contribution in [3.05, 3.63) is 35.9 Å². The number of hydrogen-bond acceptors (Lipinski definition) is 3. The number of carbonyl (C=O) groups is 1. The van der Waals surface area contributed by atoms with E-state index < -0.39 is 5.97 Å². The predicted molar refractivity (Wildman–Crippen MR) is 65.0 cm³/mol. The minimum Gasteiger partial charge on any atom is -0.872 e. The summed E-state index contributed by atoms with van der Waals surface area (Å²) in [5.74, 6) is -1.08. The summed E-state index contributed by atoms with van der Waals surface area (Å²) in [7, 11) is 0. The number of carboxylic acid groups (broad SMARTS) is 1. The summed E-state index contributed by atoms with van der Waals surface area (Å²) in [6, 6.07) is 5.92. The number of ether oxygens (including phenoxy) is 1. The molecule has 0 amide bonds. The molecule has 0 atom stereocenters. The lowest BCUT2D eigenvalue weighted by atomic mass is 10.2. The Balaban J connectivity index is 0.000000225. The third-order valence-electron chi connectivity index (χ3n) is 2.23. The number of rotatable bonds is 2. The van der Waals surface area contributed by atoms with Crippen molar-refractivity contribution in [1.29, 1.82) is 0 Å². The van der Waals surface area contributed by atoms with Gasteiger partial charge in [-0.2, -0.15) is 0 Å². The van der Waals surface area contributed by atoms with E-state index in [-0.39, 0.29) is 5.75 Å². The van der Waals surface area contributed by atoms with Crippen molar-refractivity contribution in [3.63, 3.8) is 0 Å². The molecule has 0 bridgehead atoms. The molecule has 0 aliphatic carbocycles. The van der Waals surface area contributed by atoms with Gasteiger partial charge < -0.3 is 20.3 Å². The minimum absolute atomic E-state index is 0.0810. The van der Waals surface area contributed by atoms with E-state index in [9.17, 15) is 9.90 Å². The Morgan fingerprint density at radius 2 is 1.89 bits per heavy atom. The zero-order chi connectivity index (χ0) is 13.2. The van der Waals surface area contributed by atoms with Gasteiger partial charge in [-0.15, -0.1) is 5.75 Å². The van der Waals surface area contributed by atoms with Gasteiger partial charge in [0.1, 0.15) is 0 Å². The lowest BCUT2D eigenvalue weighted by Gasteiger charge is -2.07. The van der Waals surface area contributed by atoms with E-state index in [0.29, 0.717) is 5.56 Å². The molecule has 0 spiro atoms. The highest BCUT2D eigenvalue weighted by molar-refractivity contribution is 5.85. The van der Waals surface area contributed by atoms with E-state index in [1.165, 1.54) is 18.2 Å². The Morgan fingerprint density at radius 1 is 1.28 bits per heavy atom. The molecule has 3 N–H and O–H groups in total. The maximum absolute atomic E-state index is 10.6. The van der Waals surface area contributed by atoms with Gasteiger partial charge in [-0.1, -0.05) is 24.3 Å². The van der Waals surface area contributed by atoms with E-state index in [1.807, 2.05) is 0 Å². The Kier molecular flexibility index (Phi) is 6.53. The monoisotopic (exact) mass is 251 g/mol. The van der Waals surface area contributed by atoms with E-state index in [2.05, 4.69) is 5.32 Å². The van der Waals surface area contributed by atoms with E-state index >= 15 is 0 Å². The zero-order valence-corrected chi connectivity index (χ0v) is 10.0. The number of nitrogens with two attached hydrogens (primary N) is 1. The van der Waals surface area contributed by atoms with Crippen LogP contribution in [0.25, 0.3) is 6.08 Å². The fourth-order valence-electron chi connectivity index (χ4n) is 1.33. The molecule has 98 valence electrons. The topological polar surface area (TPSA) is 86.2 Å². The first-order valence-corrected chi connectivity index (χ1v) is 5.76. The summed E-state index contributed by atoms with van der Waals surface area (Å²) in [5, 5.41) is 21.2. The Hall–Kier alpha value is -1.85. The predicted octanol–water partition coefficient (Wildman–Crippen LogP) is -0.562. The lowest BCUT2D eigenvalue weighted by Crippen LogP contribution is -2.87. The van der Waals surface area contributed by atoms with Crippen LogP contribution < -0.4 is 10.4 Å². The van der Waals surface area contributed by atoms with Gasteiger partial charge in [0.2, 0.25) is 0 Å². The van der Waals surface area contributed by atoms with Gasteiger partial charge in [0, 0.05) is 6.08 Å². The van der Waals surface area contributed by atoms with E-state index in [4.69, 9.17) is 9.84 Å². The van der Waals surface area contributed by atoms with Crippen LogP contribution in [0, 0.1) is 0 Å². The second-order valence-corrected chi connectivity index (χ2v) is 3.72. The van der Waals surface area contributed by atoms with Crippen molar-refractivity contribution in [3.8, 4) is 5.75 Å². The van der Waals surface area contributed by atoms with Crippen LogP contribution in [-0.4, -0.2) is 37.4 Å². The van der Waals surface area contributed by atoms with Crippen molar-refractivity contribution in [2.24, 2.45) is 0 Å². The molecule has 5 heteroatoms.